The molecule has 1 amide bonds. The molecule has 4 N–H and O–H groups in total. The van der Waals surface area contributed by atoms with Gasteiger partial charge in [0.25, 0.3) is 0 Å². The third kappa shape index (κ3) is 50.2. The van der Waals surface area contributed by atoms with Crippen LogP contribution in [0.2, 0.25) is 0 Å². The quantitative estimate of drug-likeness (QED) is 0.0362. The van der Waals surface area contributed by atoms with E-state index >= 15 is 0 Å². The zero-order chi connectivity index (χ0) is 46.5. The van der Waals surface area contributed by atoms with Gasteiger partial charge in [-0.05, 0) is 32.1 Å². The minimum Gasteiger partial charge on any atom is -0.394 e. The maximum absolute atomic E-state index is 12.5. The lowest BCUT2D eigenvalue weighted by Gasteiger charge is -2.21. The van der Waals surface area contributed by atoms with Crippen molar-refractivity contribution in [2.24, 2.45) is 0 Å². The molecule has 0 heterocycles. The number of aliphatic hydroxyl groups excluding tert-OH is 3. The maximum Gasteiger partial charge on any atom is 0.222 e. The Labute approximate surface area is 401 Å². The Kier molecular flexibility index (Phi) is 53.4. The van der Waals surface area contributed by atoms with Gasteiger partial charge in [0.05, 0.1) is 31.3 Å². The molecule has 64 heavy (non-hydrogen) atoms. The molecule has 0 aliphatic carbocycles. The van der Waals surface area contributed by atoms with Gasteiger partial charge >= 0.3 is 0 Å². The average molecular weight is 903 g/mol. The lowest BCUT2D eigenvalue weighted by molar-refractivity contribution is -0.124. The molecule has 0 aromatic heterocycles. The number of hydrogen-bond donors (Lipinski definition) is 4. The van der Waals surface area contributed by atoms with Crippen molar-refractivity contribution in [2.75, 3.05) is 6.61 Å². The minimum atomic E-state index is -0.950. The highest BCUT2D eigenvalue weighted by atomic mass is 16.3. The van der Waals surface area contributed by atoms with Crippen LogP contribution in [0.3, 0.4) is 0 Å². The van der Waals surface area contributed by atoms with Gasteiger partial charge in [0, 0.05) is 0 Å². The molecular formula is C59H115NO4. The van der Waals surface area contributed by atoms with Gasteiger partial charge in [-0.2, -0.15) is 0 Å². The molecule has 0 spiro atoms. The maximum atomic E-state index is 12.5. The fourth-order valence-electron chi connectivity index (χ4n) is 9.30. The van der Waals surface area contributed by atoms with Crippen LogP contribution >= 0.6 is 0 Å². The predicted molar refractivity (Wildman–Crippen MR) is 282 cm³/mol. The van der Waals surface area contributed by atoms with Crippen molar-refractivity contribution >= 4 is 5.91 Å². The molecule has 0 aliphatic rings. The van der Waals surface area contributed by atoms with Gasteiger partial charge < -0.3 is 20.6 Å². The molecule has 0 rings (SSSR count). The fourth-order valence-corrected chi connectivity index (χ4v) is 9.30. The molecule has 3 atom stereocenters. The van der Waals surface area contributed by atoms with Crippen LogP contribution in [0, 0.1) is 0 Å². The Morgan fingerprint density at radius 3 is 1.00 bits per heavy atom. The molecule has 0 saturated heterocycles. The fraction of sp³-hybridized carbons (Fsp3) is 0.915. The van der Waals surface area contributed by atoms with Crippen LogP contribution in [0.5, 0.6) is 0 Å². The van der Waals surface area contributed by atoms with Crippen molar-refractivity contribution < 1.29 is 20.1 Å². The van der Waals surface area contributed by atoms with Crippen LogP contribution < -0.4 is 5.32 Å². The smallest absolute Gasteiger partial charge is 0.222 e. The number of allylic oxidation sites excluding steroid dienone is 3. The zero-order valence-corrected chi connectivity index (χ0v) is 43.4. The van der Waals surface area contributed by atoms with Gasteiger partial charge in [-0.1, -0.05) is 308 Å². The number of amides is 1. The minimum absolute atomic E-state index is 0.0105. The van der Waals surface area contributed by atoms with Gasteiger partial charge in [-0.25, -0.2) is 0 Å². The molecule has 0 aromatic carbocycles. The number of rotatable bonds is 54. The molecule has 5 heteroatoms. The second-order valence-electron chi connectivity index (χ2n) is 20.3. The summed E-state index contributed by atoms with van der Waals surface area (Å²) in [7, 11) is 0. The van der Waals surface area contributed by atoms with E-state index in [0.29, 0.717) is 6.42 Å². The Bertz CT molecular complexity index is 951. The second kappa shape index (κ2) is 54.4. The highest BCUT2D eigenvalue weighted by Gasteiger charge is 2.20. The number of unbranched alkanes of at least 4 members (excludes halogenated alkanes) is 43. The van der Waals surface area contributed by atoms with Gasteiger partial charge in [-0.15, -0.1) is 0 Å². The summed E-state index contributed by atoms with van der Waals surface area (Å²) in [6, 6.07) is -0.759. The molecule has 380 valence electrons. The Hall–Kier alpha value is -1.17. The van der Waals surface area contributed by atoms with Crippen molar-refractivity contribution in [1.29, 1.82) is 0 Å². The number of aliphatic hydroxyl groups is 3. The average Bonchev–Trinajstić information content (AvgIpc) is 3.29. The summed E-state index contributed by atoms with van der Waals surface area (Å²) < 4.78 is 0. The van der Waals surface area contributed by atoms with E-state index < -0.39 is 18.2 Å². The Balaban J connectivity index is 3.55. The van der Waals surface area contributed by atoms with Crippen LogP contribution in [-0.2, 0) is 4.79 Å². The first-order chi connectivity index (χ1) is 31.5. The van der Waals surface area contributed by atoms with Gasteiger partial charge in [0.15, 0.2) is 0 Å². The highest BCUT2D eigenvalue weighted by Crippen LogP contribution is 2.18. The van der Waals surface area contributed by atoms with Gasteiger partial charge in [0.1, 0.15) is 0 Å². The summed E-state index contributed by atoms with van der Waals surface area (Å²) in [5, 5.41) is 33.5. The van der Waals surface area contributed by atoms with Crippen molar-refractivity contribution in [1.82, 2.24) is 5.32 Å². The monoisotopic (exact) mass is 902 g/mol. The Morgan fingerprint density at radius 2 is 0.672 bits per heavy atom. The molecule has 0 bridgehead atoms. The van der Waals surface area contributed by atoms with Crippen LogP contribution in [-0.4, -0.2) is 46.1 Å². The topological polar surface area (TPSA) is 89.8 Å². The summed E-state index contributed by atoms with van der Waals surface area (Å²) in [6.45, 7) is 4.24. The number of carbonyl (C=O) groups excluding carboxylic acids is 1. The van der Waals surface area contributed by atoms with Crippen molar-refractivity contribution in [3.63, 3.8) is 0 Å². The molecule has 0 aromatic rings. The SMILES string of the molecule is CCCCCCCCCCCCCCCCC/C=C/CC/C=C/C(O)C(CO)NC(=O)CC(O)CCCCCCCCCCCCCCCCCCCCCCCCCCCCCC. The van der Waals surface area contributed by atoms with E-state index in [1.54, 1.807) is 6.08 Å². The molecule has 0 radical (unpaired) electrons. The predicted octanol–water partition coefficient (Wildman–Crippen LogP) is 18.1. The van der Waals surface area contributed by atoms with E-state index in [0.717, 1.165) is 32.1 Å². The summed E-state index contributed by atoms with van der Waals surface area (Å²) in [4.78, 5) is 12.5. The zero-order valence-electron chi connectivity index (χ0n) is 43.4. The molecule has 5 nitrogen and oxygen atoms in total. The van der Waals surface area contributed by atoms with E-state index in [9.17, 15) is 20.1 Å². The van der Waals surface area contributed by atoms with E-state index in [1.165, 1.54) is 263 Å². The summed E-state index contributed by atoms with van der Waals surface area (Å²) in [5.74, 6) is -0.319. The van der Waals surface area contributed by atoms with Crippen molar-refractivity contribution in [3.8, 4) is 0 Å². The van der Waals surface area contributed by atoms with Crippen LogP contribution in [0.25, 0.3) is 0 Å². The van der Waals surface area contributed by atoms with Crippen molar-refractivity contribution in [2.45, 2.75) is 340 Å². The van der Waals surface area contributed by atoms with Gasteiger partial charge in [0.2, 0.25) is 5.91 Å². The Morgan fingerprint density at radius 1 is 0.391 bits per heavy atom. The molecule has 3 unspecified atom stereocenters. The number of nitrogens with one attached hydrogen (secondary N) is 1. The van der Waals surface area contributed by atoms with E-state index in [1.807, 2.05) is 6.08 Å². The van der Waals surface area contributed by atoms with Crippen molar-refractivity contribution in [3.05, 3.63) is 24.3 Å². The third-order valence-electron chi connectivity index (χ3n) is 13.7. The lowest BCUT2D eigenvalue weighted by Crippen LogP contribution is -2.45. The summed E-state index contributed by atoms with van der Waals surface area (Å²) >= 11 is 0. The largest absolute Gasteiger partial charge is 0.394 e. The molecule has 0 fully saturated rings. The van der Waals surface area contributed by atoms with Crippen LogP contribution in [0.15, 0.2) is 24.3 Å². The van der Waals surface area contributed by atoms with Crippen LogP contribution in [0.1, 0.15) is 322 Å². The summed E-state index contributed by atoms with van der Waals surface area (Å²) in [6.07, 6.45) is 69.5. The second-order valence-corrected chi connectivity index (χ2v) is 20.3. The van der Waals surface area contributed by atoms with Gasteiger partial charge in [-0.3, -0.25) is 4.79 Å². The third-order valence-corrected chi connectivity index (χ3v) is 13.7. The molecular weight excluding hydrogens is 787 g/mol. The summed E-state index contributed by atoms with van der Waals surface area (Å²) in [5.41, 5.74) is 0. The standard InChI is InChI=1S/C59H115NO4/c1-3-5-7-9-11-13-15-17-19-21-23-25-26-27-28-29-30-31-33-34-36-38-40-42-44-46-48-50-52-56(62)54-59(64)60-57(55-61)58(63)53-51-49-47-45-43-41-39-37-35-32-24-22-20-18-16-14-12-10-8-6-4-2/h43,45,51,53,56-58,61-63H,3-42,44,46-50,52,54-55H2,1-2H3,(H,60,64)/b45-43+,53-51+. The molecule has 0 saturated carbocycles. The number of hydrogen-bond acceptors (Lipinski definition) is 4. The first-order valence-electron chi connectivity index (χ1n) is 29.1. The van der Waals surface area contributed by atoms with Crippen LogP contribution in [0.4, 0.5) is 0 Å². The van der Waals surface area contributed by atoms with E-state index in [-0.39, 0.29) is 18.9 Å². The first-order valence-corrected chi connectivity index (χ1v) is 29.1. The van der Waals surface area contributed by atoms with E-state index in [2.05, 4.69) is 31.3 Å². The molecule has 0 aliphatic heterocycles. The van der Waals surface area contributed by atoms with E-state index in [4.69, 9.17) is 0 Å². The number of carbonyl (C=O) groups is 1. The first kappa shape index (κ1) is 62.8. The highest BCUT2D eigenvalue weighted by molar-refractivity contribution is 5.76. The lowest BCUT2D eigenvalue weighted by atomic mass is 10.0. The normalized spacial score (nSPS) is 13.4.